The lowest BCUT2D eigenvalue weighted by Gasteiger charge is -2.14. The third-order valence-corrected chi connectivity index (χ3v) is 3.95. The first-order chi connectivity index (χ1) is 12.2. The first kappa shape index (κ1) is 16.5. The Bertz CT molecular complexity index is 947. The molecule has 0 aliphatic heterocycles. The Labute approximate surface area is 146 Å². The van der Waals surface area contributed by atoms with Crippen molar-refractivity contribution in [2.24, 2.45) is 0 Å². The molecule has 0 N–H and O–H groups in total. The molecule has 3 rings (SSSR count). The molecule has 0 spiro atoms. The molecule has 0 saturated carbocycles. The van der Waals surface area contributed by atoms with Gasteiger partial charge in [-0.3, -0.25) is 4.98 Å². The van der Waals surface area contributed by atoms with E-state index in [0.29, 0.717) is 22.8 Å². The molecule has 0 radical (unpaired) electrons. The van der Waals surface area contributed by atoms with Crippen LogP contribution in [0.2, 0.25) is 0 Å². The molecule has 0 unspecified atom stereocenters. The van der Waals surface area contributed by atoms with Crippen LogP contribution in [0.15, 0.2) is 48.8 Å². The zero-order valence-electron chi connectivity index (χ0n) is 14.3. The van der Waals surface area contributed by atoms with Gasteiger partial charge in [-0.15, -0.1) is 0 Å². The van der Waals surface area contributed by atoms with Gasteiger partial charge in [0, 0.05) is 29.6 Å². The fraction of sp³-hybridized carbons (Fsp3) is 0.150. The van der Waals surface area contributed by atoms with Crippen molar-refractivity contribution in [1.82, 2.24) is 9.97 Å². The fourth-order valence-electron chi connectivity index (χ4n) is 2.66. The molecule has 124 valence electrons. The van der Waals surface area contributed by atoms with Gasteiger partial charge in [0.05, 0.1) is 31.2 Å². The van der Waals surface area contributed by atoms with Gasteiger partial charge in [-0.05, 0) is 42.8 Å². The van der Waals surface area contributed by atoms with E-state index in [4.69, 9.17) is 14.5 Å². The molecule has 0 aliphatic carbocycles. The van der Waals surface area contributed by atoms with Gasteiger partial charge in [0.2, 0.25) is 0 Å². The molecule has 1 aromatic carbocycles. The molecule has 25 heavy (non-hydrogen) atoms. The Morgan fingerprint density at radius 1 is 1.08 bits per heavy atom. The van der Waals surface area contributed by atoms with Crippen molar-refractivity contribution in [1.29, 1.82) is 5.26 Å². The highest BCUT2D eigenvalue weighted by molar-refractivity contribution is 5.77. The first-order valence-electron chi connectivity index (χ1n) is 7.72. The maximum Gasteiger partial charge on any atom is 0.131 e. The summed E-state index contributed by atoms with van der Waals surface area (Å²) in [6, 6.07) is 13.4. The van der Waals surface area contributed by atoms with Crippen LogP contribution in [-0.2, 0) is 0 Å². The Hall–Kier alpha value is -3.39. The lowest BCUT2D eigenvalue weighted by molar-refractivity contribution is 0.395. The van der Waals surface area contributed by atoms with Crippen molar-refractivity contribution in [2.75, 3.05) is 14.2 Å². The molecule has 0 saturated heterocycles. The van der Waals surface area contributed by atoms with Crippen LogP contribution in [0.3, 0.4) is 0 Å². The Kier molecular flexibility index (Phi) is 4.62. The predicted octanol–water partition coefficient (Wildman–Crippen LogP) is 4.01. The summed E-state index contributed by atoms with van der Waals surface area (Å²) in [5, 5.41) is 9.62. The SMILES string of the molecule is COc1ccc(-c2nc(-c3cccnc3)cc(C)c2C#N)c(OC)c1. The van der Waals surface area contributed by atoms with Crippen LogP contribution in [0.25, 0.3) is 22.5 Å². The number of nitrogens with zero attached hydrogens (tertiary/aromatic N) is 3. The van der Waals surface area contributed by atoms with Crippen LogP contribution in [0, 0.1) is 18.3 Å². The molecule has 0 atom stereocenters. The summed E-state index contributed by atoms with van der Waals surface area (Å²) in [6.45, 7) is 1.90. The summed E-state index contributed by atoms with van der Waals surface area (Å²) in [5.74, 6) is 1.28. The average Bonchev–Trinajstić information content (AvgIpc) is 2.67. The lowest BCUT2D eigenvalue weighted by atomic mass is 9.99. The molecular weight excluding hydrogens is 314 g/mol. The summed E-state index contributed by atoms with van der Waals surface area (Å²) in [6.07, 6.45) is 3.47. The maximum atomic E-state index is 9.62. The number of hydrogen-bond acceptors (Lipinski definition) is 5. The summed E-state index contributed by atoms with van der Waals surface area (Å²) in [4.78, 5) is 8.87. The third-order valence-electron chi connectivity index (χ3n) is 3.95. The van der Waals surface area contributed by atoms with E-state index in [1.807, 2.05) is 37.3 Å². The maximum absolute atomic E-state index is 9.62. The molecule has 2 aromatic heterocycles. The highest BCUT2D eigenvalue weighted by Crippen LogP contribution is 2.36. The van der Waals surface area contributed by atoms with E-state index in [1.165, 1.54) is 0 Å². The van der Waals surface area contributed by atoms with E-state index in [9.17, 15) is 5.26 Å². The summed E-state index contributed by atoms with van der Waals surface area (Å²) in [5.41, 5.74) is 4.36. The molecule has 3 aromatic rings. The quantitative estimate of drug-likeness (QED) is 0.722. The van der Waals surface area contributed by atoms with Crippen LogP contribution >= 0.6 is 0 Å². The van der Waals surface area contributed by atoms with E-state index in [0.717, 1.165) is 22.4 Å². The van der Waals surface area contributed by atoms with Gasteiger partial charge in [-0.2, -0.15) is 5.26 Å². The minimum absolute atomic E-state index is 0.524. The van der Waals surface area contributed by atoms with E-state index < -0.39 is 0 Å². The number of aryl methyl sites for hydroxylation is 1. The van der Waals surface area contributed by atoms with Gasteiger partial charge < -0.3 is 9.47 Å². The van der Waals surface area contributed by atoms with E-state index in [-0.39, 0.29) is 0 Å². The molecule has 0 bridgehead atoms. The highest BCUT2D eigenvalue weighted by Gasteiger charge is 2.17. The molecular formula is C20H17N3O2. The molecule has 5 nitrogen and oxygen atoms in total. The number of ether oxygens (including phenoxy) is 2. The van der Waals surface area contributed by atoms with Crippen molar-refractivity contribution in [3.05, 3.63) is 59.9 Å². The molecule has 2 heterocycles. The summed E-state index contributed by atoms with van der Waals surface area (Å²) >= 11 is 0. The summed E-state index contributed by atoms with van der Waals surface area (Å²) < 4.78 is 10.7. The predicted molar refractivity (Wildman–Crippen MR) is 95.5 cm³/mol. The van der Waals surface area contributed by atoms with Crippen molar-refractivity contribution < 1.29 is 9.47 Å². The topological polar surface area (TPSA) is 68.0 Å². The second-order valence-corrected chi connectivity index (χ2v) is 5.47. The van der Waals surface area contributed by atoms with Gasteiger partial charge in [0.15, 0.2) is 0 Å². The van der Waals surface area contributed by atoms with Gasteiger partial charge in [-0.1, -0.05) is 0 Å². The van der Waals surface area contributed by atoms with Crippen LogP contribution in [0.1, 0.15) is 11.1 Å². The highest BCUT2D eigenvalue weighted by atomic mass is 16.5. The normalized spacial score (nSPS) is 10.2. The van der Waals surface area contributed by atoms with Crippen molar-refractivity contribution >= 4 is 0 Å². The first-order valence-corrected chi connectivity index (χ1v) is 7.72. The zero-order valence-corrected chi connectivity index (χ0v) is 14.3. The van der Waals surface area contributed by atoms with Gasteiger partial charge >= 0.3 is 0 Å². The van der Waals surface area contributed by atoms with Crippen LogP contribution in [0.4, 0.5) is 0 Å². The van der Waals surface area contributed by atoms with E-state index in [1.54, 1.807) is 32.7 Å². The zero-order chi connectivity index (χ0) is 17.8. The van der Waals surface area contributed by atoms with E-state index in [2.05, 4.69) is 11.1 Å². The molecule has 0 amide bonds. The van der Waals surface area contributed by atoms with Crippen molar-refractivity contribution in [3.8, 4) is 40.1 Å². The fourth-order valence-corrected chi connectivity index (χ4v) is 2.66. The largest absolute Gasteiger partial charge is 0.497 e. The van der Waals surface area contributed by atoms with Crippen molar-refractivity contribution in [2.45, 2.75) is 6.92 Å². The average molecular weight is 331 g/mol. The number of benzene rings is 1. The monoisotopic (exact) mass is 331 g/mol. The van der Waals surface area contributed by atoms with Crippen LogP contribution < -0.4 is 9.47 Å². The van der Waals surface area contributed by atoms with Gasteiger partial charge in [-0.25, -0.2) is 4.98 Å². The third kappa shape index (κ3) is 3.15. The molecule has 0 aliphatic rings. The van der Waals surface area contributed by atoms with Crippen LogP contribution in [-0.4, -0.2) is 24.2 Å². The second kappa shape index (κ2) is 7.02. The Balaban J connectivity index is 2.25. The minimum Gasteiger partial charge on any atom is -0.497 e. The number of pyridine rings is 2. The number of hydrogen-bond donors (Lipinski definition) is 0. The Morgan fingerprint density at radius 2 is 1.92 bits per heavy atom. The summed E-state index contributed by atoms with van der Waals surface area (Å²) in [7, 11) is 3.18. The number of methoxy groups -OCH3 is 2. The lowest BCUT2D eigenvalue weighted by Crippen LogP contribution is -1.99. The minimum atomic E-state index is 0.524. The standard InChI is InChI=1S/C20H17N3O2/c1-13-9-18(14-5-4-8-22-12-14)23-20(17(13)11-21)16-7-6-15(24-2)10-19(16)25-3/h4-10,12H,1-3H3. The van der Waals surface area contributed by atoms with Crippen molar-refractivity contribution in [3.63, 3.8) is 0 Å². The number of rotatable bonds is 4. The van der Waals surface area contributed by atoms with Gasteiger partial charge in [0.25, 0.3) is 0 Å². The van der Waals surface area contributed by atoms with Gasteiger partial charge in [0.1, 0.15) is 17.6 Å². The second-order valence-electron chi connectivity index (χ2n) is 5.47. The Morgan fingerprint density at radius 3 is 2.56 bits per heavy atom. The van der Waals surface area contributed by atoms with Crippen LogP contribution in [0.5, 0.6) is 11.5 Å². The molecule has 0 fully saturated rings. The molecule has 5 heteroatoms. The van der Waals surface area contributed by atoms with E-state index >= 15 is 0 Å². The number of nitriles is 1. The smallest absolute Gasteiger partial charge is 0.131 e. The number of aromatic nitrogens is 2.